The van der Waals surface area contributed by atoms with Gasteiger partial charge in [0.1, 0.15) is 5.82 Å². The summed E-state index contributed by atoms with van der Waals surface area (Å²) in [4.78, 5) is 0. The van der Waals surface area contributed by atoms with Gasteiger partial charge in [0.25, 0.3) is 0 Å². The Morgan fingerprint density at radius 1 is 1.15 bits per heavy atom. The van der Waals surface area contributed by atoms with Crippen molar-refractivity contribution in [3.63, 3.8) is 0 Å². The van der Waals surface area contributed by atoms with Crippen LogP contribution in [0.3, 0.4) is 0 Å². The fourth-order valence-corrected chi connectivity index (χ4v) is 2.46. The molecular formula is C16H20N4. The van der Waals surface area contributed by atoms with Crippen LogP contribution in [0.2, 0.25) is 0 Å². The molecular weight excluding hydrogens is 248 g/mol. The van der Waals surface area contributed by atoms with Gasteiger partial charge in [-0.05, 0) is 38.4 Å². The molecule has 0 saturated carbocycles. The van der Waals surface area contributed by atoms with Gasteiger partial charge in [-0.2, -0.15) is 0 Å². The summed E-state index contributed by atoms with van der Waals surface area (Å²) in [5, 5.41) is 15.3. The summed E-state index contributed by atoms with van der Waals surface area (Å²) in [7, 11) is 0. The molecule has 0 amide bonds. The minimum atomic E-state index is 0.563. The van der Waals surface area contributed by atoms with Crippen molar-refractivity contribution in [3.05, 3.63) is 42.0 Å². The van der Waals surface area contributed by atoms with E-state index in [4.69, 9.17) is 0 Å². The molecule has 0 spiro atoms. The summed E-state index contributed by atoms with van der Waals surface area (Å²) in [5.74, 6) is 0.842. The van der Waals surface area contributed by atoms with Gasteiger partial charge in [-0.25, -0.2) is 0 Å². The van der Waals surface area contributed by atoms with Crippen molar-refractivity contribution < 1.29 is 0 Å². The number of anilines is 1. The minimum Gasteiger partial charge on any atom is -0.367 e. The molecule has 2 aromatic rings. The van der Waals surface area contributed by atoms with Gasteiger partial charge in [-0.1, -0.05) is 29.8 Å². The number of nitrogens with zero attached hydrogens (tertiary/aromatic N) is 2. The Hall–Kier alpha value is -1.94. The molecule has 0 bridgehead atoms. The van der Waals surface area contributed by atoms with E-state index in [9.17, 15) is 0 Å². The van der Waals surface area contributed by atoms with E-state index >= 15 is 0 Å². The first kappa shape index (κ1) is 13.1. The van der Waals surface area contributed by atoms with Gasteiger partial charge in [0.05, 0.1) is 5.69 Å². The lowest BCUT2D eigenvalue weighted by molar-refractivity contribution is 0.632. The van der Waals surface area contributed by atoms with Crippen molar-refractivity contribution in [2.24, 2.45) is 0 Å². The topological polar surface area (TPSA) is 49.8 Å². The molecule has 4 heteroatoms. The van der Waals surface area contributed by atoms with E-state index in [0.29, 0.717) is 6.04 Å². The van der Waals surface area contributed by atoms with Crippen LogP contribution in [-0.4, -0.2) is 29.3 Å². The Kier molecular flexibility index (Phi) is 3.92. The molecule has 4 nitrogen and oxygen atoms in total. The molecule has 0 aliphatic carbocycles. The molecule has 1 saturated heterocycles. The highest BCUT2D eigenvalue weighted by molar-refractivity contribution is 5.59. The molecule has 1 fully saturated rings. The first-order valence-electron chi connectivity index (χ1n) is 7.19. The van der Waals surface area contributed by atoms with E-state index in [2.05, 4.69) is 52.0 Å². The second-order valence-corrected chi connectivity index (χ2v) is 5.34. The average molecular weight is 268 g/mol. The minimum absolute atomic E-state index is 0.563. The van der Waals surface area contributed by atoms with Gasteiger partial charge in [0.2, 0.25) is 0 Å². The highest BCUT2D eigenvalue weighted by atomic mass is 15.2. The maximum absolute atomic E-state index is 4.29. The fourth-order valence-electron chi connectivity index (χ4n) is 2.46. The van der Waals surface area contributed by atoms with Crippen LogP contribution in [0, 0.1) is 6.92 Å². The van der Waals surface area contributed by atoms with Crippen LogP contribution < -0.4 is 10.6 Å². The van der Waals surface area contributed by atoms with Gasteiger partial charge in [-0.3, -0.25) is 0 Å². The average Bonchev–Trinajstić information content (AvgIpc) is 3.00. The zero-order valence-electron chi connectivity index (χ0n) is 11.8. The molecule has 1 aliphatic heterocycles. The highest BCUT2D eigenvalue weighted by Crippen LogP contribution is 2.17. The molecule has 20 heavy (non-hydrogen) atoms. The molecule has 3 rings (SSSR count). The lowest BCUT2D eigenvalue weighted by Gasteiger charge is -2.11. The van der Waals surface area contributed by atoms with Gasteiger partial charge in [-0.15, -0.1) is 10.2 Å². The number of benzene rings is 1. The van der Waals surface area contributed by atoms with Crippen LogP contribution in [0.5, 0.6) is 0 Å². The van der Waals surface area contributed by atoms with Crippen molar-refractivity contribution in [3.8, 4) is 11.3 Å². The Balaban J connectivity index is 1.63. The third kappa shape index (κ3) is 3.14. The zero-order chi connectivity index (χ0) is 13.8. The predicted molar refractivity (Wildman–Crippen MR) is 81.7 cm³/mol. The van der Waals surface area contributed by atoms with Gasteiger partial charge in [0, 0.05) is 18.2 Å². The smallest absolute Gasteiger partial charge is 0.148 e. The number of aromatic nitrogens is 2. The second kappa shape index (κ2) is 6.01. The summed E-state index contributed by atoms with van der Waals surface area (Å²) >= 11 is 0. The van der Waals surface area contributed by atoms with E-state index in [1.807, 2.05) is 12.1 Å². The molecule has 1 unspecified atom stereocenters. The van der Waals surface area contributed by atoms with Crippen LogP contribution >= 0.6 is 0 Å². The Morgan fingerprint density at radius 3 is 2.65 bits per heavy atom. The predicted octanol–water partition coefficient (Wildman–Crippen LogP) is 2.62. The molecule has 1 atom stereocenters. The molecule has 2 N–H and O–H groups in total. The third-order valence-electron chi connectivity index (χ3n) is 3.70. The van der Waals surface area contributed by atoms with Gasteiger partial charge in [0.15, 0.2) is 0 Å². The van der Waals surface area contributed by atoms with E-state index < -0.39 is 0 Å². The first-order chi connectivity index (χ1) is 9.81. The second-order valence-electron chi connectivity index (χ2n) is 5.34. The van der Waals surface area contributed by atoms with Crippen LogP contribution in [0.1, 0.15) is 18.4 Å². The molecule has 1 aromatic carbocycles. The van der Waals surface area contributed by atoms with Crippen molar-refractivity contribution >= 4 is 5.82 Å². The Labute approximate surface area is 119 Å². The molecule has 104 valence electrons. The van der Waals surface area contributed by atoms with Crippen molar-refractivity contribution in [1.29, 1.82) is 0 Å². The van der Waals surface area contributed by atoms with Crippen molar-refractivity contribution in [2.45, 2.75) is 25.8 Å². The third-order valence-corrected chi connectivity index (χ3v) is 3.70. The van der Waals surface area contributed by atoms with E-state index in [1.54, 1.807) is 0 Å². The summed E-state index contributed by atoms with van der Waals surface area (Å²) in [6.45, 7) is 4.13. The number of nitrogens with one attached hydrogen (secondary N) is 2. The molecule has 2 heterocycles. The van der Waals surface area contributed by atoms with Crippen LogP contribution in [-0.2, 0) is 0 Å². The SMILES string of the molecule is Cc1ccc(-c2ccc(NCC3CCCN3)nn2)cc1. The van der Waals surface area contributed by atoms with E-state index in [0.717, 1.165) is 30.2 Å². The number of hydrogen-bond acceptors (Lipinski definition) is 4. The maximum Gasteiger partial charge on any atom is 0.148 e. The van der Waals surface area contributed by atoms with Crippen LogP contribution in [0.4, 0.5) is 5.82 Å². The summed E-state index contributed by atoms with van der Waals surface area (Å²) < 4.78 is 0. The largest absolute Gasteiger partial charge is 0.367 e. The van der Waals surface area contributed by atoms with Crippen molar-refractivity contribution in [2.75, 3.05) is 18.4 Å². The maximum atomic E-state index is 4.29. The van der Waals surface area contributed by atoms with E-state index in [1.165, 1.54) is 18.4 Å². The number of hydrogen-bond donors (Lipinski definition) is 2. The van der Waals surface area contributed by atoms with Gasteiger partial charge < -0.3 is 10.6 Å². The lowest BCUT2D eigenvalue weighted by Crippen LogP contribution is -2.29. The first-order valence-corrected chi connectivity index (χ1v) is 7.19. The zero-order valence-corrected chi connectivity index (χ0v) is 11.8. The van der Waals surface area contributed by atoms with Crippen LogP contribution in [0.25, 0.3) is 11.3 Å². The van der Waals surface area contributed by atoms with E-state index in [-0.39, 0.29) is 0 Å². The highest BCUT2D eigenvalue weighted by Gasteiger charge is 2.13. The Bertz CT molecular complexity index is 542. The van der Waals surface area contributed by atoms with Crippen LogP contribution in [0.15, 0.2) is 36.4 Å². The molecule has 1 aliphatic rings. The normalized spacial score (nSPS) is 18.1. The summed E-state index contributed by atoms with van der Waals surface area (Å²) in [5.41, 5.74) is 3.27. The number of aryl methyl sites for hydroxylation is 1. The van der Waals surface area contributed by atoms with Crippen molar-refractivity contribution in [1.82, 2.24) is 15.5 Å². The fraction of sp³-hybridized carbons (Fsp3) is 0.375. The van der Waals surface area contributed by atoms with Gasteiger partial charge >= 0.3 is 0 Å². The Morgan fingerprint density at radius 2 is 2.00 bits per heavy atom. The molecule has 1 aromatic heterocycles. The summed E-state index contributed by atoms with van der Waals surface area (Å²) in [6.07, 6.45) is 2.51. The monoisotopic (exact) mass is 268 g/mol. The lowest BCUT2D eigenvalue weighted by atomic mass is 10.1. The molecule has 0 radical (unpaired) electrons. The summed E-state index contributed by atoms with van der Waals surface area (Å²) in [6, 6.07) is 12.9. The standard InChI is InChI=1S/C16H20N4/c1-12-4-6-13(7-5-12)15-8-9-16(20-19-15)18-11-14-3-2-10-17-14/h4-9,14,17H,2-3,10-11H2,1H3,(H,18,20). The number of rotatable bonds is 4. The quantitative estimate of drug-likeness (QED) is 0.895.